The third-order valence-corrected chi connectivity index (χ3v) is 3.44. The summed E-state index contributed by atoms with van der Waals surface area (Å²) in [6.45, 7) is 1.72. The van der Waals surface area contributed by atoms with Crippen LogP contribution in [0.15, 0.2) is 24.5 Å². The van der Waals surface area contributed by atoms with Crippen molar-refractivity contribution in [3.8, 4) is 0 Å². The lowest BCUT2D eigenvalue weighted by Gasteiger charge is -2.27. The molecule has 1 aliphatic rings. The molecule has 1 unspecified atom stereocenters. The Bertz CT molecular complexity index is 374. The number of likely N-dealkylation sites (N-methyl/N-ethyl adjacent to an activating group) is 1. The molecule has 2 heterocycles. The molecule has 98 valence electrons. The minimum absolute atomic E-state index is 0.0256. The lowest BCUT2D eigenvalue weighted by molar-refractivity contribution is -0.132. The highest BCUT2D eigenvalue weighted by Gasteiger charge is 2.23. The van der Waals surface area contributed by atoms with Crippen molar-refractivity contribution in [2.75, 3.05) is 20.1 Å². The smallest absolute Gasteiger partial charge is 0.239 e. The van der Waals surface area contributed by atoms with E-state index >= 15 is 0 Å². The third kappa shape index (κ3) is 3.53. The molecule has 0 aromatic carbocycles. The molecule has 1 atom stereocenters. The standard InChI is InChI=1S/C14H21N3O/c1-17(10-7-12-5-4-8-15-11-12)14(18)13-6-2-3-9-16-13/h4-5,8,11,13,16H,2-3,6-7,9-10H2,1H3. The van der Waals surface area contributed by atoms with Crippen LogP contribution < -0.4 is 5.32 Å². The molecule has 2 rings (SSSR count). The van der Waals surface area contributed by atoms with Gasteiger partial charge in [-0.2, -0.15) is 0 Å². The fourth-order valence-corrected chi connectivity index (χ4v) is 2.28. The predicted octanol–water partition coefficient (Wildman–Crippen LogP) is 1.22. The van der Waals surface area contributed by atoms with Crippen molar-refractivity contribution in [1.29, 1.82) is 0 Å². The van der Waals surface area contributed by atoms with Crippen LogP contribution in [0.2, 0.25) is 0 Å². The number of piperidine rings is 1. The highest BCUT2D eigenvalue weighted by molar-refractivity contribution is 5.81. The second-order valence-corrected chi connectivity index (χ2v) is 4.87. The topological polar surface area (TPSA) is 45.2 Å². The van der Waals surface area contributed by atoms with Gasteiger partial charge in [0.1, 0.15) is 0 Å². The van der Waals surface area contributed by atoms with Crippen LogP contribution >= 0.6 is 0 Å². The van der Waals surface area contributed by atoms with Gasteiger partial charge in [0.2, 0.25) is 5.91 Å². The molecule has 1 aromatic heterocycles. The Morgan fingerprint density at radius 1 is 1.56 bits per heavy atom. The van der Waals surface area contributed by atoms with Gasteiger partial charge in [-0.1, -0.05) is 12.5 Å². The van der Waals surface area contributed by atoms with Crippen LogP contribution in [0.1, 0.15) is 24.8 Å². The Morgan fingerprint density at radius 2 is 2.44 bits per heavy atom. The summed E-state index contributed by atoms with van der Waals surface area (Å²) < 4.78 is 0. The van der Waals surface area contributed by atoms with Crippen molar-refractivity contribution >= 4 is 5.91 Å². The van der Waals surface area contributed by atoms with Crippen molar-refractivity contribution in [3.63, 3.8) is 0 Å². The van der Waals surface area contributed by atoms with Gasteiger partial charge in [-0.05, 0) is 37.4 Å². The molecule has 0 bridgehead atoms. The molecule has 4 heteroatoms. The quantitative estimate of drug-likeness (QED) is 0.870. The first-order valence-electron chi connectivity index (χ1n) is 6.64. The first-order valence-corrected chi connectivity index (χ1v) is 6.64. The molecule has 1 aromatic rings. The Labute approximate surface area is 108 Å². The summed E-state index contributed by atoms with van der Waals surface area (Å²) in [7, 11) is 1.88. The molecular weight excluding hydrogens is 226 g/mol. The van der Waals surface area contributed by atoms with E-state index in [1.165, 1.54) is 12.0 Å². The summed E-state index contributed by atoms with van der Waals surface area (Å²) in [6.07, 6.45) is 7.80. The number of amides is 1. The third-order valence-electron chi connectivity index (χ3n) is 3.44. The summed E-state index contributed by atoms with van der Waals surface area (Å²) in [4.78, 5) is 18.1. The lowest BCUT2D eigenvalue weighted by Crippen LogP contribution is -2.47. The molecule has 1 amide bonds. The summed E-state index contributed by atoms with van der Waals surface area (Å²) in [6, 6.07) is 4.00. The van der Waals surface area contributed by atoms with E-state index in [0.717, 1.165) is 32.4 Å². The molecular formula is C14H21N3O. The van der Waals surface area contributed by atoms with Crippen LogP contribution in [0.3, 0.4) is 0 Å². The maximum Gasteiger partial charge on any atom is 0.239 e. The van der Waals surface area contributed by atoms with E-state index in [1.807, 2.05) is 30.3 Å². The van der Waals surface area contributed by atoms with Gasteiger partial charge in [-0.3, -0.25) is 9.78 Å². The molecule has 4 nitrogen and oxygen atoms in total. The number of carbonyl (C=O) groups excluding carboxylic acids is 1. The average Bonchev–Trinajstić information content (AvgIpc) is 2.46. The second-order valence-electron chi connectivity index (χ2n) is 4.87. The number of hydrogen-bond donors (Lipinski definition) is 1. The molecule has 1 N–H and O–H groups in total. The van der Waals surface area contributed by atoms with Crippen LogP contribution in [0.4, 0.5) is 0 Å². The summed E-state index contributed by atoms with van der Waals surface area (Å²) in [5.74, 6) is 0.221. The highest BCUT2D eigenvalue weighted by Crippen LogP contribution is 2.09. The molecule has 1 saturated heterocycles. The first kappa shape index (κ1) is 13.0. The maximum absolute atomic E-state index is 12.2. The van der Waals surface area contributed by atoms with Crippen molar-refractivity contribution in [2.45, 2.75) is 31.7 Å². The van der Waals surface area contributed by atoms with E-state index < -0.39 is 0 Å². The summed E-state index contributed by atoms with van der Waals surface area (Å²) >= 11 is 0. The van der Waals surface area contributed by atoms with Crippen molar-refractivity contribution in [2.24, 2.45) is 0 Å². The SMILES string of the molecule is CN(CCc1cccnc1)C(=O)C1CCCCN1. The fourth-order valence-electron chi connectivity index (χ4n) is 2.28. The van der Waals surface area contributed by atoms with E-state index in [9.17, 15) is 4.79 Å². The second kappa shape index (κ2) is 6.50. The Morgan fingerprint density at radius 3 is 3.11 bits per heavy atom. The Hall–Kier alpha value is -1.42. The molecule has 1 aliphatic heterocycles. The molecule has 0 spiro atoms. The van der Waals surface area contributed by atoms with Crippen molar-refractivity contribution in [3.05, 3.63) is 30.1 Å². The summed E-state index contributed by atoms with van der Waals surface area (Å²) in [5, 5.41) is 3.29. The van der Waals surface area contributed by atoms with E-state index in [-0.39, 0.29) is 11.9 Å². The normalized spacial score (nSPS) is 19.5. The highest BCUT2D eigenvalue weighted by atomic mass is 16.2. The van der Waals surface area contributed by atoms with Crippen LogP contribution in [0.5, 0.6) is 0 Å². The van der Waals surface area contributed by atoms with Gasteiger partial charge in [0, 0.05) is 26.0 Å². The molecule has 0 radical (unpaired) electrons. The zero-order valence-electron chi connectivity index (χ0n) is 10.9. The van der Waals surface area contributed by atoms with Gasteiger partial charge in [-0.15, -0.1) is 0 Å². The Balaban J connectivity index is 1.80. The lowest BCUT2D eigenvalue weighted by atomic mass is 10.0. The number of carbonyl (C=O) groups is 1. The van der Waals surface area contributed by atoms with Crippen LogP contribution in [0.25, 0.3) is 0 Å². The molecule has 1 fully saturated rings. The molecule has 0 aliphatic carbocycles. The average molecular weight is 247 g/mol. The van der Waals surface area contributed by atoms with E-state index in [2.05, 4.69) is 10.3 Å². The number of pyridine rings is 1. The zero-order valence-corrected chi connectivity index (χ0v) is 10.9. The van der Waals surface area contributed by atoms with Crippen LogP contribution in [0, 0.1) is 0 Å². The summed E-state index contributed by atoms with van der Waals surface area (Å²) in [5.41, 5.74) is 1.17. The monoisotopic (exact) mass is 247 g/mol. The minimum atomic E-state index is 0.0256. The maximum atomic E-state index is 12.2. The van der Waals surface area contributed by atoms with Gasteiger partial charge in [0.05, 0.1) is 6.04 Å². The van der Waals surface area contributed by atoms with E-state index in [0.29, 0.717) is 0 Å². The van der Waals surface area contributed by atoms with E-state index in [4.69, 9.17) is 0 Å². The fraction of sp³-hybridized carbons (Fsp3) is 0.571. The van der Waals surface area contributed by atoms with Gasteiger partial charge in [0.15, 0.2) is 0 Å². The number of aromatic nitrogens is 1. The van der Waals surface area contributed by atoms with Gasteiger partial charge in [-0.25, -0.2) is 0 Å². The van der Waals surface area contributed by atoms with Gasteiger partial charge >= 0.3 is 0 Å². The van der Waals surface area contributed by atoms with Gasteiger partial charge < -0.3 is 10.2 Å². The predicted molar refractivity (Wildman–Crippen MR) is 71.2 cm³/mol. The number of rotatable bonds is 4. The van der Waals surface area contributed by atoms with Crippen LogP contribution in [-0.4, -0.2) is 42.0 Å². The van der Waals surface area contributed by atoms with Crippen LogP contribution in [-0.2, 0) is 11.2 Å². The zero-order chi connectivity index (χ0) is 12.8. The first-order chi connectivity index (χ1) is 8.77. The number of nitrogens with one attached hydrogen (secondary N) is 1. The van der Waals surface area contributed by atoms with Crippen molar-refractivity contribution < 1.29 is 4.79 Å². The Kier molecular flexibility index (Phi) is 4.70. The minimum Gasteiger partial charge on any atom is -0.344 e. The van der Waals surface area contributed by atoms with Gasteiger partial charge in [0.25, 0.3) is 0 Å². The van der Waals surface area contributed by atoms with E-state index in [1.54, 1.807) is 6.20 Å². The number of nitrogens with zero attached hydrogens (tertiary/aromatic N) is 2. The largest absolute Gasteiger partial charge is 0.344 e. The number of hydrogen-bond acceptors (Lipinski definition) is 3. The van der Waals surface area contributed by atoms with Crippen molar-refractivity contribution in [1.82, 2.24) is 15.2 Å². The molecule has 0 saturated carbocycles. The molecule has 18 heavy (non-hydrogen) atoms.